The van der Waals surface area contributed by atoms with Crippen molar-refractivity contribution in [3.8, 4) is 23.0 Å². The predicted octanol–water partition coefficient (Wildman–Crippen LogP) is 5.97. The lowest BCUT2D eigenvalue weighted by Crippen LogP contribution is -2.01. The molecule has 0 spiro atoms. The van der Waals surface area contributed by atoms with Gasteiger partial charge in [-0.1, -0.05) is 36.4 Å². The number of methoxy groups -OCH3 is 1. The zero-order valence-corrected chi connectivity index (χ0v) is 18.7. The SMILES string of the molecule is CCOc1ccc(COc2ccc(/C=C/C(=O)c3cccc(OC)c3)cc2)cc1OCC. The normalized spacial score (nSPS) is 10.7. The fraction of sp³-hybridized carbons (Fsp3) is 0.222. The van der Waals surface area contributed by atoms with Crippen molar-refractivity contribution in [3.63, 3.8) is 0 Å². The van der Waals surface area contributed by atoms with Crippen molar-refractivity contribution in [2.75, 3.05) is 20.3 Å². The molecule has 0 saturated heterocycles. The van der Waals surface area contributed by atoms with Crippen LogP contribution in [0.15, 0.2) is 72.8 Å². The van der Waals surface area contributed by atoms with Gasteiger partial charge in [0.15, 0.2) is 17.3 Å². The molecule has 0 unspecified atom stereocenters. The summed E-state index contributed by atoms with van der Waals surface area (Å²) < 4.78 is 22.3. The average Bonchev–Trinajstić information content (AvgIpc) is 2.83. The predicted molar refractivity (Wildman–Crippen MR) is 126 cm³/mol. The molecule has 0 saturated carbocycles. The summed E-state index contributed by atoms with van der Waals surface area (Å²) in [6, 6.07) is 20.5. The fourth-order valence-electron chi connectivity index (χ4n) is 3.07. The van der Waals surface area contributed by atoms with Crippen molar-refractivity contribution in [1.82, 2.24) is 0 Å². The van der Waals surface area contributed by atoms with E-state index in [2.05, 4.69) is 0 Å². The first-order valence-corrected chi connectivity index (χ1v) is 10.6. The minimum atomic E-state index is -0.0789. The lowest BCUT2D eigenvalue weighted by Gasteiger charge is -2.13. The van der Waals surface area contributed by atoms with Crippen molar-refractivity contribution in [3.05, 3.63) is 89.5 Å². The molecule has 0 aliphatic carbocycles. The standard InChI is InChI=1S/C27H28O5/c1-4-30-26-16-12-21(17-27(26)31-5-2)19-32-23-13-9-20(10-14-23)11-15-25(28)22-7-6-8-24(18-22)29-3/h6-18H,4-5,19H2,1-3H3/b15-11+. The molecular weight excluding hydrogens is 404 g/mol. The van der Waals surface area contributed by atoms with E-state index in [-0.39, 0.29) is 5.78 Å². The Kier molecular flexibility index (Phi) is 8.32. The van der Waals surface area contributed by atoms with Crippen LogP contribution in [0, 0.1) is 0 Å². The van der Waals surface area contributed by atoms with Crippen molar-refractivity contribution in [2.24, 2.45) is 0 Å². The smallest absolute Gasteiger partial charge is 0.185 e. The molecule has 3 rings (SSSR count). The number of carbonyl (C=O) groups excluding carboxylic acids is 1. The zero-order chi connectivity index (χ0) is 22.8. The maximum atomic E-state index is 12.4. The Hall–Kier alpha value is -3.73. The van der Waals surface area contributed by atoms with Crippen LogP contribution in [0.3, 0.4) is 0 Å². The van der Waals surface area contributed by atoms with Crippen LogP contribution < -0.4 is 18.9 Å². The maximum Gasteiger partial charge on any atom is 0.185 e. The van der Waals surface area contributed by atoms with E-state index in [0.717, 1.165) is 28.4 Å². The quantitative estimate of drug-likeness (QED) is 0.276. The van der Waals surface area contributed by atoms with E-state index in [1.54, 1.807) is 37.5 Å². The molecule has 0 N–H and O–H groups in total. The first-order valence-electron chi connectivity index (χ1n) is 10.6. The monoisotopic (exact) mass is 432 g/mol. The van der Waals surface area contributed by atoms with Gasteiger partial charge in [-0.05, 0) is 67.4 Å². The van der Waals surface area contributed by atoms with Gasteiger partial charge >= 0.3 is 0 Å². The third-order valence-electron chi connectivity index (χ3n) is 4.67. The molecule has 0 heterocycles. The van der Waals surface area contributed by atoms with Gasteiger partial charge in [-0.2, -0.15) is 0 Å². The molecule has 0 fully saturated rings. The van der Waals surface area contributed by atoms with Crippen LogP contribution in [0.2, 0.25) is 0 Å². The average molecular weight is 433 g/mol. The highest BCUT2D eigenvalue weighted by atomic mass is 16.5. The lowest BCUT2D eigenvalue weighted by molar-refractivity contribution is 0.104. The van der Waals surface area contributed by atoms with Crippen LogP contribution in [0.5, 0.6) is 23.0 Å². The highest BCUT2D eigenvalue weighted by Crippen LogP contribution is 2.29. The Morgan fingerprint density at radius 3 is 2.28 bits per heavy atom. The molecule has 3 aromatic carbocycles. The minimum absolute atomic E-state index is 0.0789. The summed E-state index contributed by atoms with van der Waals surface area (Å²) in [6.45, 7) is 5.46. The summed E-state index contributed by atoms with van der Waals surface area (Å²) in [6.07, 6.45) is 3.34. The molecule has 0 aliphatic heterocycles. The Morgan fingerprint density at radius 2 is 1.56 bits per heavy atom. The number of ether oxygens (including phenoxy) is 4. The Bertz CT molecular complexity index is 1050. The van der Waals surface area contributed by atoms with E-state index in [4.69, 9.17) is 18.9 Å². The van der Waals surface area contributed by atoms with Crippen LogP contribution in [-0.4, -0.2) is 26.1 Å². The summed E-state index contributed by atoms with van der Waals surface area (Å²) in [7, 11) is 1.58. The van der Waals surface area contributed by atoms with Gasteiger partial charge in [0, 0.05) is 5.56 Å². The fourth-order valence-corrected chi connectivity index (χ4v) is 3.07. The van der Waals surface area contributed by atoms with E-state index < -0.39 is 0 Å². The van der Waals surface area contributed by atoms with E-state index in [0.29, 0.717) is 31.1 Å². The topological polar surface area (TPSA) is 54.0 Å². The van der Waals surface area contributed by atoms with Gasteiger partial charge in [0.1, 0.15) is 18.1 Å². The van der Waals surface area contributed by atoms with Crippen LogP contribution in [-0.2, 0) is 6.61 Å². The van der Waals surface area contributed by atoms with Crippen LogP contribution in [0.4, 0.5) is 0 Å². The van der Waals surface area contributed by atoms with Crippen molar-refractivity contribution < 1.29 is 23.7 Å². The number of hydrogen-bond acceptors (Lipinski definition) is 5. The van der Waals surface area contributed by atoms with Gasteiger partial charge in [-0.15, -0.1) is 0 Å². The summed E-state index contributed by atoms with van der Waals surface area (Å²) in [5, 5.41) is 0. The summed E-state index contributed by atoms with van der Waals surface area (Å²) in [5.74, 6) is 2.78. The van der Waals surface area contributed by atoms with Gasteiger partial charge in [0.2, 0.25) is 0 Å². The second kappa shape index (κ2) is 11.6. The van der Waals surface area contributed by atoms with Crippen LogP contribution >= 0.6 is 0 Å². The largest absolute Gasteiger partial charge is 0.497 e. The summed E-state index contributed by atoms with van der Waals surface area (Å²) in [4.78, 5) is 12.4. The number of rotatable bonds is 11. The van der Waals surface area contributed by atoms with E-state index >= 15 is 0 Å². The minimum Gasteiger partial charge on any atom is -0.497 e. The second-order valence-electron chi connectivity index (χ2n) is 6.93. The summed E-state index contributed by atoms with van der Waals surface area (Å²) in [5.41, 5.74) is 2.49. The highest BCUT2D eigenvalue weighted by molar-refractivity contribution is 6.07. The Balaban J connectivity index is 1.59. The number of allylic oxidation sites excluding steroid dienone is 1. The van der Waals surface area contributed by atoms with Gasteiger partial charge in [0.25, 0.3) is 0 Å². The molecule has 0 aromatic heterocycles. The van der Waals surface area contributed by atoms with E-state index in [1.165, 1.54) is 0 Å². The maximum absolute atomic E-state index is 12.4. The molecule has 5 heteroatoms. The Morgan fingerprint density at radius 1 is 0.812 bits per heavy atom. The van der Waals surface area contributed by atoms with E-state index in [1.807, 2.05) is 62.4 Å². The van der Waals surface area contributed by atoms with E-state index in [9.17, 15) is 4.79 Å². The molecule has 0 atom stereocenters. The third kappa shape index (κ3) is 6.38. The van der Waals surface area contributed by atoms with Gasteiger partial charge < -0.3 is 18.9 Å². The van der Waals surface area contributed by atoms with Crippen molar-refractivity contribution in [1.29, 1.82) is 0 Å². The lowest BCUT2D eigenvalue weighted by atomic mass is 10.1. The first-order chi connectivity index (χ1) is 15.6. The van der Waals surface area contributed by atoms with Gasteiger partial charge in [-0.3, -0.25) is 4.79 Å². The molecular formula is C27H28O5. The summed E-state index contributed by atoms with van der Waals surface area (Å²) >= 11 is 0. The second-order valence-corrected chi connectivity index (χ2v) is 6.93. The molecule has 0 bridgehead atoms. The molecule has 32 heavy (non-hydrogen) atoms. The number of benzene rings is 3. The van der Waals surface area contributed by atoms with Crippen LogP contribution in [0.25, 0.3) is 6.08 Å². The van der Waals surface area contributed by atoms with Crippen molar-refractivity contribution >= 4 is 11.9 Å². The molecule has 166 valence electrons. The van der Waals surface area contributed by atoms with Gasteiger partial charge in [-0.25, -0.2) is 0 Å². The molecule has 3 aromatic rings. The number of ketones is 1. The Labute approximate surface area is 189 Å². The molecule has 0 aliphatic rings. The zero-order valence-electron chi connectivity index (χ0n) is 18.7. The first kappa shape index (κ1) is 22.9. The highest BCUT2D eigenvalue weighted by Gasteiger charge is 2.07. The number of carbonyl (C=O) groups is 1. The molecule has 5 nitrogen and oxygen atoms in total. The van der Waals surface area contributed by atoms with Crippen molar-refractivity contribution in [2.45, 2.75) is 20.5 Å². The van der Waals surface area contributed by atoms with Crippen LogP contribution in [0.1, 0.15) is 35.3 Å². The molecule has 0 amide bonds. The molecule has 0 radical (unpaired) electrons. The number of hydrogen-bond donors (Lipinski definition) is 0. The van der Waals surface area contributed by atoms with Gasteiger partial charge in [0.05, 0.1) is 20.3 Å². The third-order valence-corrected chi connectivity index (χ3v) is 4.67.